The Hall–Kier alpha value is -2.37. The number of nitrogens with zero attached hydrogens (tertiary/aromatic N) is 2. The lowest BCUT2D eigenvalue weighted by atomic mass is 10.2. The smallest absolute Gasteiger partial charge is 0.407 e. The zero-order valence-corrected chi connectivity index (χ0v) is 9.21. The number of hydrogen-bond donors (Lipinski definition) is 1. The number of ether oxygens (including phenoxy) is 1. The van der Waals surface area contributed by atoms with Gasteiger partial charge in [0, 0.05) is 5.56 Å². The number of rotatable bonds is 3. The lowest BCUT2D eigenvalue weighted by Crippen LogP contribution is -2.22. The molecule has 0 atom stereocenters. The molecule has 1 heterocycles. The molecule has 1 amide bonds. The van der Waals surface area contributed by atoms with E-state index >= 15 is 0 Å². The fraction of sp³-hybridized carbons (Fsp3) is 0.182. The number of carbonyl (C=O) groups excluding carboxylic acids is 1. The molecule has 88 valence electrons. The van der Waals surface area contributed by atoms with E-state index in [1.165, 1.54) is 7.11 Å². The van der Waals surface area contributed by atoms with Crippen molar-refractivity contribution in [1.82, 2.24) is 15.5 Å². The zero-order chi connectivity index (χ0) is 12.1. The van der Waals surface area contributed by atoms with Gasteiger partial charge in [0.05, 0.1) is 7.11 Å². The van der Waals surface area contributed by atoms with E-state index in [0.29, 0.717) is 11.7 Å². The molecule has 1 aromatic carbocycles. The van der Waals surface area contributed by atoms with Gasteiger partial charge in [0.25, 0.3) is 0 Å². The van der Waals surface area contributed by atoms with Crippen molar-refractivity contribution in [1.29, 1.82) is 0 Å². The summed E-state index contributed by atoms with van der Waals surface area (Å²) in [7, 11) is 1.29. The maximum Gasteiger partial charge on any atom is 0.407 e. The Labute approximate surface area is 97.6 Å². The molecule has 0 saturated heterocycles. The van der Waals surface area contributed by atoms with Crippen molar-refractivity contribution in [2.45, 2.75) is 6.54 Å². The van der Waals surface area contributed by atoms with Crippen molar-refractivity contribution in [2.75, 3.05) is 7.11 Å². The van der Waals surface area contributed by atoms with Crippen molar-refractivity contribution < 1.29 is 14.1 Å². The first-order chi connectivity index (χ1) is 8.29. The largest absolute Gasteiger partial charge is 0.453 e. The summed E-state index contributed by atoms with van der Waals surface area (Å²) in [5.74, 6) is 0.821. The highest BCUT2D eigenvalue weighted by atomic mass is 16.5. The van der Waals surface area contributed by atoms with Gasteiger partial charge >= 0.3 is 6.09 Å². The summed E-state index contributed by atoms with van der Waals surface area (Å²) in [6.07, 6.45) is -0.538. The Kier molecular flexibility index (Phi) is 3.34. The fourth-order valence-electron chi connectivity index (χ4n) is 1.25. The van der Waals surface area contributed by atoms with Crippen LogP contribution < -0.4 is 5.32 Å². The summed E-state index contributed by atoms with van der Waals surface area (Å²) in [5.41, 5.74) is 0.862. The van der Waals surface area contributed by atoms with E-state index < -0.39 is 6.09 Å². The van der Waals surface area contributed by atoms with Gasteiger partial charge in [-0.3, -0.25) is 0 Å². The van der Waals surface area contributed by atoms with E-state index in [4.69, 9.17) is 4.52 Å². The van der Waals surface area contributed by atoms with Gasteiger partial charge in [-0.05, 0) is 0 Å². The number of hydrogen-bond acceptors (Lipinski definition) is 5. The van der Waals surface area contributed by atoms with Crippen molar-refractivity contribution in [3.63, 3.8) is 0 Å². The van der Waals surface area contributed by atoms with Crippen molar-refractivity contribution in [3.8, 4) is 11.4 Å². The molecule has 0 aliphatic heterocycles. The van der Waals surface area contributed by atoms with Crippen LogP contribution in [0.3, 0.4) is 0 Å². The number of nitrogens with one attached hydrogen (secondary N) is 1. The highest BCUT2D eigenvalue weighted by Gasteiger charge is 2.09. The van der Waals surface area contributed by atoms with E-state index in [-0.39, 0.29) is 6.54 Å². The van der Waals surface area contributed by atoms with Gasteiger partial charge in [-0.25, -0.2) is 4.79 Å². The van der Waals surface area contributed by atoms with Crippen LogP contribution in [0.5, 0.6) is 0 Å². The average molecular weight is 233 g/mol. The minimum absolute atomic E-state index is 0.145. The van der Waals surface area contributed by atoms with Gasteiger partial charge in [0.1, 0.15) is 6.54 Å². The minimum atomic E-state index is -0.538. The van der Waals surface area contributed by atoms with Gasteiger partial charge in [-0.15, -0.1) is 0 Å². The highest BCUT2D eigenvalue weighted by Crippen LogP contribution is 2.14. The van der Waals surface area contributed by atoms with Crippen LogP contribution in [0.2, 0.25) is 0 Å². The first-order valence-corrected chi connectivity index (χ1v) is 4.99. The van der Waals surface area contributed by atoms with Crippen molar-refractivity contribution >= 4 is 6.09 Å². The molecule has 0 unspecified atom stereocenters. The summed E-state index contributed by atoms with van der Waals surface area (Å²) < 4.78 is 9.41. The number of carbonyl (C=O) groups is 1. The number of aromatic nitrogens is 2. The van der Waals surface area contributed by atoms with Gasteiger partial charge in [0.2, 0.25) is 11.7 Å². The second-order valence-electron chi connectivity index (χ2n) is 3.22. The van der Waals surface area contributed by atoms with Crippen LogP contribution >= 0.6 is 0 Å². The Balaban J connectivity index is 2.04. The second-order valence-corrected chi connectivity index (χ2v) is 3.22. The van der Waals surface area contributed by atoms with Crippen molar-refractivity contribution in [3.05, 3.63) is 36.2 Å². The van der Waals surface area contributed by atoms with Crippen LogP contribution in [0.25, 0.3) is 11.4 Å². The molecule has 0 aliphatic rings. The van der Waals surface area contributed by atoms with Gasteiger partial charge in [-0.1, -0.05) is 35.5 Å². The SMILES string of the molecule is COC(=O)NCc1nc(-c2ccccc2)no1. The molecule has 6 heteroatoms. The third-order valence-electron chi connectivity index (χ3n) is 2.07. The summed E-state index contributed by atoms with van der Waals surface area (Å²) in [6, 6.07) is 9.43. The molecule has 1 N–H and O–H groups in total. The molecule has 0 fully saturated rings. The average Bonchev–Trinajstić information content (AvgIpc) is 2.86. The maximum absolute atomic E-state index is 10.8. The quantitative estimate of drug-likeness (QED) is 0.871. The summed E-state index contributed by atoms with van der Waals surface area (Å²) in [5, 5.41) is 6.27. The van der Waals surface area contributed by atoms with Crippen LogP contribution in [0.1, 0.15) is 5.89 Å². The van der Waals surface area contributed by atoms with Gasteiger partial charge < -0.3 is 14.6 Å². The van der Waals surface area contributed by atoms with Crippen LogP contribution in [0, 0.1) is 0 Å². The summed E-state index contributed by atoms with van der Waals surface area (Å²) >= 11 is 0. The summed E-state index contributed by atoms with van der Waals surface area (Å²) in [6.45, 7) is 0.145. The van der Waals surface area contributed by atoms with Crippen molar-refractivity contribution in [2.24, 2.45) is 0 Å². The predicted molar refractivity (Wildman–Crippen MR) is 59.0 cm³/mol. The highest BCUT2D eigenvalue weighted by molar-refractivity contribution is 5.66. The molecule has 0 saturated carbocycles. The first kappa shape index (κ1) is 11.1. The van der Waals surface area contributed by atoms with Crippen LogP contribution in [-0.4, -0.2) is 23.3 Å². The maximum atomic E-state index is 10.8. The third-order valence-corrected chi connectivity index (χ3v) is 2.07. The van der Waals surface area contributed by atoms with E-state index in [9.17, 15) is 4.79 Å². The predicted octanol–water partition coefficient (Wildman–Crippen LogP) is 1.59. The topological polar surface area (TPSA) is 77.2 Å². The van der Waals surface area contributed by atoms with Gasteiger partial charge in [-0.2, -0.15) is 4.98 Å². The monoisotopic (exact) mass is 233 g/mol. The van der Waals surface area contributed by atoms with E-state index in [0.717, 1.165) is 5.56 Å². The standard InChI is InChI=1S/C11H11N3O3/c1-16-11(15)12-7-9-13-10(14-17-9)8-5-3-2-4-6-8/h2-6H,7H2,1H3,(H,12,15). The fourth-order valence-corrected chi connectivity index (χ4v) is 1.25. The Morgan fingerprint density at radius 3 is 2.88 bits per heavy atom. The Bertz CT molecular complexity index is 496. The van der Waals surface area contributed by atoms with E-state index in [1.807, 2.05) is 30.3 Å². The molecule has 0 bridgehead atoms. The molecule has 2 rings (SSSR count). The number of benzene rings is 1. The molecule has 17 heavy (non-hydrogen) atoms. The summed E-state index contributed by atoms with van der Waals surface area (Å²) in [4.78, 5) is 15.0. The Morgan fingerprint density at radius 1 is 1.41 bits per heavy atom. The molecule has 2 aromatic rings. The molecular weight excluding hydrogens is 222 g/mol. The minimum Gasteiger partial charge on any atom is -0.453 e. The number of amides is 1. The Morgan fingerprint density at radius 2 is 2.18 bits per heavy atom. The van der Waals surface area contributed by atoms with Gasteiger partial charge in [0.15, 0.2) is 0 Å². The lowest BCUT2D eigenvalue weighted by Gasteiger charge is -1.97. The molecule has 0 aliphatic carbocycles. The van der Waals surface area contributed by atoms with Crippen LogP contribution in [0.15, 0.2) is 34.9 Å². The molecular formula is C11H11N3O3. The second kappa shape index (κ2) is 5.11. The number of methoxy groups -OCH3 is 1. The molecule has 6 nitrogen and oxygen atoms in total. The van der Waals surface area contributed by atoms with Crippen LogP contribution in [0.4, 0.5) is 4.79 Å². The number of alkyl carbamates (subject to hydrolysis) is 1. The zero-order valence-electron chi connectivity index (χ0n) is 9.21. The van der Waals surface area contributed by atoms with E-state index in [1.54, 1.807) is 0 Å². The third kappa shape index (κ3) is 2.81. The van der Waals surface area contributed by atoms with Crippen LogP contribution in [-0.2, 0) is 11.3 Å². The molecule has 0 spiro atoms. The molecule has 1 aromatic heterocycles. The normalized spacial score (nSPS) is 9.94. The first-order valence-electron chi connectivity index (χ1n) is 4.99. The molecule has 0 radical (unpaired) electrons. The lowest BCUT2D eigenvalue weighted by molar-refractivity contribution is 0.169. The van der Waals surface area contributed by atoms with E-state index in [2.05, 4.69) is 20.2 Å².